The molecule has 0 aromatic heterocycles. The second-order valence-electron chi connectivity index (χ2n) is 4.38. The molecule has 0 bridgehead atoms. The third-order valence-electron chi connectivity index (χ3n) is 3.25. The van der Waals surface area contributed by atoms with Gasteiger partial charge in [0.05, 0.1) is 0 Å². The zero-order valence-electron chi connectivity index (χ0n) is 10.5. The van der Waals surface area contributed by atoms with Crippen molar-refractivity contribution in [3.63, 3.8) is 0 Å². The molecule has 0 aliphatic heterocycles. The van der Waals surface area contributed by atoms with E-state index >= 15 is 0 Å². The molecule has 7 heteroatoms. The van der Waals surface area contributed by atoms with Crippen molar-refractivity contribution < 1.29 is 14.8 Å². The van der Waals surface area contributed by atoms with Crippen LogP contribution in [-0.4, -0.2) is 35.9 Å². The number of oxime groups is 1. The van der Waals surface area contributed by atoms with Crippen molar-refractivity contribution >= 4 is 17.6 Å². The first-order valence-electron chi connectivity index (χ1n) is 6.10. The van der Waals surface area contributed by atoms with E-state index < -0.39 is 5.41 Å². The zero-order chi connectivity index (χ0) is 13.6. The largest absolute Gasteiger partial charge is 0.409 e. The molecule has 0 unspecified atom stereocenters. The van der Waals surface area contributed by atoms with Gasteiger partial charge in [0.25, 0.3) is 0 Å². The highest BCUT2D eigenvalue weighted by Gasteiger charge is 2.48. The van der Waals surface area contributed by atoms with Crippen LogP contribution >= 0.6 is 0 Å². The monoisotopic (exact) mass is 256 g/mol. The lowest BCUT2D eigenvalue weighted by Gasteiger charge is -2.38. The molecule has 0 atom stereocenters. The third-order valence-corrected chi connectivity index (χ3v) is 3.25. The summed E-state index contributed by atoms with van der Waals surface area (Å²) in [7, 11) is 0. The summed E-state index contributed by atoms with van der Waals surface area (Å²) < 4.78 is 0. The molecular formula is C11H20N4O3. The van der Waals surface area contributed by atoms with E-state index in [0.717, 1.165) is 6.42 Å². The van der Waals surface area contributed by atoms with Crippen molar-refractivity contribution in [2.45, 2.75) is 32.6 Å². The van der Waals surface area contributed by atoms with Crippen LogP contribution in [0.15, 0.2) is 5.16 Å². The molecule has 0 aromatic rings. The first-order chi connectivity index (χ1) is 8.56. The van der Waals surface area contributed by atoms with Crippen LogP contribution in [0.4, 0.5) is 0 Å². The fraction of sp³-hybridized carbons (Fsp3) is 0.727. The summed E-state index contributed by atoms with van der Waals surface area (Å²) in [5.41, 5.74) is 4.67. The van der Waals surface area contributed by atoms with E-state index in [4.69, 9.17) is 10.9 Å². The Labute approximate surface area is 106 Å². The summed E-state index contributed by atoms with van der Waals surface area (Å²) in [5, 5.41) is 16.9. The van der Waals surface area contributed by atoms with E-state index in [2.05, 4.69) is 15.8 Å². The van der Waals surface area contributed by atoms with Gasteiger partial charge in [-0.15, -0.1) is 0 Å². The standard InChI is InChI=1S/C11H20N4O3/c1-2-13-8(16)4-7-14-10(17)11(5-3-6-11)9(12)15-18/h18H,2-7H2,1H3,(H2,12,15)(H,13,16)(H,14,17). The third kappa shape index (κ3) is 2.91. The summed E-state index contributed by atoms with van der Waals surface area (Å²) in [6, 6.07) is 0. The Kier molecular flexibility index (Phi) is 4.94. The van der Waals surface area contributed by atoms with E-state index in [1.165, 1.54) is 0 Å². The summed E-state index contributed by atoms with van der Waals surface area (Å²) in [5.74, 6) is -0.429. The minimum absolute atomic E-state index is 0.0516. The Bertz CT molecular complexity index is 350. The molecule has 1 saturated carbocycles. The van der Waals surface area contributed by atoms with Crippen LogP contribution in [0.1, 0.15) is 32.6 Å². The highest BCUT2D eigenvalue weighted by molar-refractivity contribution is 6.07. The van der Waals surface area contributed by atoms with Crippen molar-refractivity contribution in [2.75, 3.05) is 13.1 Å². The van der Waals surface area contributed by atoms with Gasteiger partial charge in [-0.1, -0.05) is 11.6 Å². The summed E-state index contributed by atoms with van der Waals surface area (Å²) >= 11 is 0. The summed E-state index contributed by atoms with van der Waals surface area (Å²) in [6.07, 6.45) is 2.26. The maximum Gasteiger partial charge on any atom is 0.233 e. The zero-order valence-corrected chi connectivity index (χ0v) is 10.5. The SMILES string of the molecule is CCNC(=O)CCNC(=O)C1(C(N)=NO)CCC1. The number of hydrogen-bond acceptors (Lipinski definition) is 4. The van der Waals surface area contributed by atoms with Gasteiger partial charge in [-0.3, -0.25) is 9.59 Å². The molecule has 102 valence electrons. The molecule has 7 nitrogen and oxygen atoms in total. The number of carbonyl (C=O) groups excluding carboxylic acids is 2. The number of rotatable bonds is 6. The van der Waals surface area contributed by atoms with Gasteiger partial charge in [-0.2, -0.15) is 0 Å². The van der Waals surface area contributed by atoms with E-state index in [0.29, 0.717) is 19.4 Å². The number of nitrogens with two attached hydrogens (primary N) is 1. The van der Waals surface area contributed by atoms with E-state index in [1.807, 2.05) is 6.92 Å². The minimum Gasteiger partial charge on any atom is -0.409 e. The Morgan fingerprint density at radius 2 is 2.06 bits per heavy atom. The number of nitrogens with one attached hydrogen (secondary N) is 2. The maximum absolute atomic E-state index is 12.0. The number of amides is 2. The topological polar surface area (TPSA) is 117 Å². The Hall–Kier alpha value is -1.79. The first-order valence-corrected chi connectivity index (χ1v) is 6.10. The van der Waals surface area contributed by atoms with Crippen molar-refractivity contribution in [1.82, 2.24) is 10.6 Å². The van der Waals surface area contributed by atoms with Gasteiger partial charge in [0.15, 0.2) is 5.84 Å². The molecule has 1 rings (SSSR count). The van der Waals surface area contributed by atoms with Crippen molar-refractivity contribution in [2.24, 2.45) is 16.3 Å². The molecular weight excluding hydrogens is 236 g/mol. The van der Waals surface area contributed by atoms with Gasteiger partial charge in [0.2, 0.25) is 11.8 Å². The minimum atomic E-state index is -0.879. The van der Waals surface area contributed by atoms with E-state index in [1.54, 1.807) is 0 Å². The number of hydrogen-bond donors (Lipinski definition) is 4. The lowest BCUT2D eigenvalue weighted by Crippen LogP contribution is -2.54. The van der Waals surface area contributed by atoms with Gasteiger partial charge in [-0.25, -0.2) is 0 Å². The second kappa shape index (κ2) is 6.23. The molecule has 0 saturated heterocycles. The summed E-state index contributed by atoms with van der Waals surface area (Å²) in [4.78, 5) is 23.2. The molecule has 0 heterocycles. The van der Waals surface area contributed by atoms with Crippen molar-refractivity contribution in [1.29, 1.82) is 0 Å². The van der Waals surface area contributed by atoms with Gasteiger partial charge in [0.1, 0.15) is 5.41 Å². The van der Waals surface area contributed by atoms with E-state index in [9.17, 15) is 9.59 Å². The van der Waals surface area contributed by atoms with Gasteiger partial charge < -0.3 is 21.6 Å². The van der Waals surface area contributed by atoms with Crippen molar-refractivity contribution in [3.05, 3.63) is 0 Å². The predicted molar refractivity (Wildman–Crippen MR) is 66.0 cm³/mol. The van der Waals surface area contributed by atoms with Gasteiger partial charge >= 0.3 is 0 Å². The van der Waals surface area contributed by atoms with Gasteiger partial charge in [-0.05, 0) is 19.8 Å². The van der Waals surface area contributed by atoms with Crippen LogP contribution in [-0.2, 0) is 9.59 Å². The molecule has 18 heavy (non-hydrogen) atoms. The smallest absolute Gasteiger partial charge is 0.233 e. The highest BCUT2D eigenvalue weighted by atomic mass is 16.4. The quantitative estimate of drug-likeness (QED) is 0.223. The van der Waals surface area contributed by atoms with Crippen LogP contribution in [0.3, 0.4) is 0 Å². The Balaban J connectivity index is 2.43. The van der Waals surface area contributed by atoms with Crippen LogP contribution in [0.2, 0.25) is 0 Å². The average Bonchev–Trinajstić information content (AvgIpc) is 2.27. The predicted octanol–water partition coefficient (Wildman–Crippen LogP) is -0.454. The average molecular weight is 256 g/mol. The van der Waals surface area contributed by atoms with Crippen LogP contribution < -0.4 is 16.4 Å². The fourth-order valence-electron chi connectivity index (χ4n) is 1.97. The van der Waals surface area contributed by atoms with E-state index in [-0.39, 0.29) is 30.6 Å². The second-order valence-corrected chi connectivity index (χ2v) is 4.38. The van der Waals surface area contributed by atoms with Crippen LogP contribution in [0.5, 0.6) is 0 Å². The number of carbonyl (C=O) groups is 2. The first kappa shape index (κ1) is 14.3. The molecule has 0 radical (unpaired) electrons. The van der Waals surface area contributed by atoms with Crippen molar-refractivity contribution in [3.8, 4) is 0 Å². The lowest BCUT2D eigenvalue weighted by molar-refractivity contribution is -0.131. The highest BCUT2D eigenvalue weighted by Crippen LogP contribution is 2.41. The molecule has 1 aliphatic carbocycles. The number of nitrogens with zero attached hydrogens (tertiary/aromatic N) is 1. The van der Waals surface area contributed by atoms with Crippen LogP contribution in [0, 0.1) is 5.41 Å². The number of amidine groups is 1. The molecule has 0 aromatic carbocycles. The molecule has 1 aliphatic rings. The van der Waals surface area contributed by atoms with Crippen LogP contribution in [0.25, 0.3) is 0 Å². The Morgan fingerprint density at radius 3 is 2.50 bits per heavy atom. The lowest BCUT2D eigenvalue weighted by atomic mass is 9.67. The summed E-state index contributed by atoms with van der Waals surface area (Å²) in [6.45, 7) is 2.66. The van der Waals surface area contributed by atoms with Gasteiger partial charge in [0, 0.05) is 19.5 Å². The normalized spacial score (nSPS) is 17.7. The maximum atomic E-state index is 12.0. The molecule has 2 amide bonds. The Morgan fingerprint density at radius 1 is 1.39 bits per heavy atom. The molecule has 0 spiro atoms. The molecule has 5 N–H and O–H groups in total. The fourth-order valence-corrected chi connectivity index (χ4v) is 1.97. The molecule has 1 fully saturated rings.